The number of rotatable bonds is 3. The van der Waals surface area contributed by atoms with Gasteiger partial charge in [-0.3, -0.25) is 4.79 Å². The molecule has 2 nitrogen and oxygen atoms in total. The minimum atomic E-state index is -0.0203. The van der Waals surface area contributed by atoms with Gasteiger partial charge in [-0.15, -0.1) is 11.3 Å². The molecule has 5 heteroatoms. The number of hydrogen-bond donors (Lipinski definition) is 1. The fourth-order valence-corrected chi connectivity index (χ4v) is 3.27. The summed E-state index contributed by atoms with van der Waals surface area (Å²) in [5.74, 6) is -0.00829. The number of carbonyl (C=O) groups is 1. The SMILES string of the molecule is O=C(NC1(CBr)CCC1)c1ccc(Cl)s1. The van der Waals surface area contributed by atoms with Gasteiger partial charge in [0.2, 0.25) is 0 Å². The summed E-state index contributed by atoms with van der Waals surface area (Å²) in [5, 5.41) is 3.90. The summed E-state index contributed by atoms with van der Waals surface area (Å²) < 4.78 is 0.654. The molecule has 0 saturated heterocycles. The summed E-state index contributed by atoms with van der Waals surface area (Å²) in [6.07, 6.45) is 3.31. The maximum Gasteiger partial charge on any atom is 0.261 e. The van der Waals surface area contributed by atoms with E-state index in [1.54, 1.807) is 12.1 Å². The lowest BCUT2D eigenvalue weighted by Gasteiger charge is -2.41. The molecule has 2 rings (SSSR count). The lowest BCUT2D eigenvalue weighted by atomic mass is 9.78. The zero-order valence-corrected chi connectivity index (χ0v) is 11.2. The molecule has 1 saturated carbocycles. The molecule has 1 aliphatic carbocycles. The van der Waals surface area contributed by atoms with E-state index >= 15 is 0 Å². The normalized spacial score (nSPS) is 18.3. The van der Waals surface area contributed by atoms with Crippen LogP contribution in [0.1, 0.15) is 28.9 Å². The zero-order chi connectivity index (χ0) is 10.9. The average molecular weight is 309 g/mol. The number of amides is 1. The smallest absolute Gasteiger partial charge is 0.261 e. The maximum atomic E-state index is 11.8. The molecule has 0 atom stereocenters. The summed E-state index contributed by atoms with van der Waals surface area (Å²) in [5.41, 5.74) is -0.0203. The van der Waals surface area contributed by atoms with Crippen LogP contribution in [0.25, 0.3) is 0 Å². The van der Waals surface area contributed by atoms with Gasteiger partial charge in [0.15, 0.2) is 0 Å². The van der Waals surface area contributed by atoms with Crippen LogP contribution in [0, 0.1) is 0 Å². The minimum absolute atomic E-state index is 0.00829. The fraction of sp³-hybridized carbons (Fsp3) is 0.500. The molecule has 0 radical (unpaired) electrons. The summed E-state index contributed by atoms with van der Waals surface area (Å²) in [7, 11) is 0. The highest BCUT2D eigenvalue weighted by Gasteiger charge is 2.37. The van der Waals surface area contributed by atoms with Gasteiger partial charge in [-0.05, 0) is 31.4 Å². The van der Waals surface area contributed by atoms with E-state index in [9.17, 15) is 4.79 Å². The predicted molar refractivity (Wildman–Crippen MR) is 67.2 cm³/mol. The van der Waals surface area contributed by atoms with E-state index < -0.39 is 0 Å². The van der Waals surface area contributed by atoms with Crippen molar-refractivity contribution in [2.75, 3.05) is 5.33 Å². The third-order valence-electron chi connectivity index (χ3n) is 2.74. The molecule has 0 spiro atoms. The third kappa shape index (κ3) is 2.37. The second kappa shape index (κ2) is 4.44. The van der Waals surface area contributed by atoms with Gasteiger partial charge in [-0.25, -0.2) is 0 Å². The monoisotopic (exact) mass is 307 g/mol. The molecule has 15 heavy (non-hydrogen) atoms. The van der Waals surface area contributed by atoms with Crippen molar-refractivity contribution in [3.63, 3.8) is 0 Å². The Morgan fingerprint density at radius 1 is 1.60 bits per heavy atom. The molecule has 1 fully saturated rings. The van der Waals surface area contributed by atoms with Crippen molar-refractivity contribution < 1.29 is 4.79 Å². The first-order valence-corrected chi connectivity index (χ1v) is 7.11. The molecule has 0 aliphatic heterocycles. The minimum Gasteiger partial charge on any atom is -0.345 e. The van der Waals surface area contributed by atoms with E-state index in [1.807, 2.05) is 0 Å². The standard InChI is InChI=1S/C10H11BrClNOS/c11-6-10(4-1-5-10)13-9(14)7-2-3-8(12)15-7/h2-3H,1,4-6H2,(H,13,14). The quantitative estimate of drug-likeness (QED) is 0.851. The van der Waals surface area contributed by atoms with E-state index in [2.05, 4.69) is 21.2 Å². The largest absolute Gasteiger partial charge is 0.345 e. The van der Waals surface area contributed by atoms with E-state index in [0.29, 0.717) is 9.21 Å². The van der Waals surface area contributed by atoms with Crippen LogP contribution in [-0.2, 0) is 0 Å². The first kappa shape index (κ1) is 11.4. The van der Waals surface area contributed by atoms with Crippen molar-refractivity contribution >= 4 is 44.8 Å². The molecule has 0 bridgehead atoms. The highest BCUT2D eigenvalue weighted by Crippen LogP contribution is 2.34. The highest BCUT2D eigenvalue weighted by atomic mass is 79.9. The number of nitrogens with one attached hydrogen (secondary N) is 1. The Bertz CT molecular complexity index is 370. The van der Waals surface area contributed by atoms with Crippen LogP contribution in [0.15, 0.2) is 12.1 Å². The van der Waals surface area contributed by atoms with Gasteiger partial charge in [-0.2, -0.15) is 0 Å². The van der Waals surface area contributed by atoms with Crippen LogP contribution in [0.4, 0.5) is 0 Å². The number of hydrogen-bond acceptors (Lipinski definition) is 2. The lowest BCUT2D eigenvalue weighted by molar-refractivity contribution is 0.0861. The van der Waals surface area contributed by atoms with Gasteiger partial charge in [-0.1, -0.05) is 27.5 Å². The molecule has 1 aliphatic rings. The van der Waals surface area contributed by atoms with Crippen LogP contribution < -0.4 is 5.32 Å². The maximum absolute atomic E-state index is 11.8. The summed E-state index contributed by atoms with van der Waals surface area (Å²) >= 11 is 10.6. The summed E-state index contributed by atoms with van der Waals surface area (Å²) in [6, 6.07) is 3.52. The fourth-order valence-electron chi connectivity index (χ4n) is 1.63. The Labute approximate surface area is 106 Å². The Hall–Kier alpha value is -0.0600. The Morgan fingerprint density at radius 2 is 2.33 bits per heavy atom. The second-order valence-electron chi connectivity index (χ2n) is 3.83. The van der Waals surface area contributed by atoms with Crippen LogP contribution in [0.3, 0.4) is 0 Å². The van der Waals surface area contributed by atoms with Gasteiger partial charge >= 0.3 is 0 Å². The van der Waals surface area contributed by atoms with Crippen LogP contribution in [0.5, 0.6) is 0 Å². The lowest BCUT2D eigenvalue weighted by Crippen LogP contribution is -2.54. The van der Waals surface area contributed by atoms with Gasteiger partial charge in [0.1, 0.15) is 0 Å². The Kier molecular flexibility index (Phi) is 3.38. The molecule has 1 N–H and O–H groups in total. The van der Waals surface area contributed by atoms with Crippen molar-refractivity contribution in [2.24, 2.45) is 0 Å². The molecule has 1 aromatic rings. The summed E-state index contributed by atoms with van der Waals surface area (Å²) in [4.78, 5) is 12.5. The number of carbonyl (C=O) groups excluding carboxylic acids is 1. The first-order valence-electron chi connectivity index (χ1n) is 4.79. The average Bonchev–Trinajstić information content (AvgIpc) is 2.58. The van der Waals surface area contributed by atoms with Gasteiger partial charge in [0.05, 0.1) is 14.8 Å². The van der Waals surface area contributed by atoms with Gasteiger partial charge in [0, 0.05) is 5.33 Å². The van der Waals surface area contributed by atoms with Crippen molar-refractivity contribution in [1.82, 2.24) is 5.32 Å². The highest BCUT2D eigenvalue weighted by molar-refractivity contribution is 9.09. The van der Waals surface area contributed by atoms with Crippen LogP contribution in [0.2, 0.25) is 4.34 Å². The third-order valence-corrected chi connectivity index (χ3v) is 5.05. The van der Waals surface area contributed by atoms with Crippen molar-refractivity contribution in [2.45, 2.75) is 24.8 Å². The van der Waals surface area contributed by atoms with Crippen LogP contribution in [-0.4, -0.2) is 16.8 Å². The first-order chi connectivity index (χ1) is 7.15. The van der Waals surface area contributed by atoms with E-state index in [4.69, 9.17) is 11.6 Å². The van der Waals surface area contributed by atoms with E-state index in [0.717, 1.165) is 18.2 Å². The van der Waals surface area contributed by atoms with Crippen LogP contribution >= 0.6 is 38.9 Å². The molecule has 0 unspecified atom stereocenters. The van der Waals surface area contributed by atoms with Gasteiger partial charge < -0.3 is 5.32 Å². The summed E-state index contributed by atoms with van der Waals surface area (Å²) in [6.45, 7) is 0. The molecular weight excluding hydrogens is 298 g/mol. The van der Waals surface area contributed by atoms with Crippen molar-refractivity contribution in [3.8, 4) is 0 Å². The van der Waals surface area contributed by atoms with Crippen molar-refractivity contribution in [1.29, 1.82) is 0 Å². The second-order valence-corrected chi connectivity index (χ2v) is 6.10. The van der Waals surface area contributed by atoms with E-state index in [1.165, 1.54) is 17.8 Å². The van der Waals surface area contributed by atoms with Crippen molar-refractivity contribution in [3.05, 3.63) is 21.3 Å². The van der Waals surface area contributed by atoms with Gasteiger partial charge in [0.25, 0.3) is 5.91 Å². The Morgan fingerprint density at radius 3 is 2.73 bits per heavy atom. The molecule has 1 amide bonds. The molecule has 82 valence electrons. The molecule has 1 heterocycles. The topological polar surface area (TPSA) is 29.1 Å². The molecule has 0 aromatic carbocycles. The number of thiophene rings is 1. The predicted octanol–water partition coefficient (Wildman–Crippen LogP) is 3.45. The Balaban J connectivity index is 2.03. The van der Waals surface area contributed by atoms with E-state index in [-0.39, 0.29) is 11.4 Å². The zero-order valence-electron chi connectivity index (χ0n) is 8.06. The number of alkyl halides is 1. The molecule has 1 aromatic heterocycles. The number of halogens is 2. The molecular formula is C10H11BrClNOS.